The van der Waals surface area contributed by atoms with Crippen molar-refractivity contribution < 1.29 is 9.90 Å². The van der Waals surface area contributed by atoms with Crippen molar-refractivity contribution in [1.29, 1.82) is 0 Å². The third-order valence-corrected chi connectivity index (χ3v) is 3.28. The van der Waals surface area contributed by atoms with Crippen molar-refractivity contribution in [2.45, 2.75) is 13.5 Å². The number of rotatable bonds is 3. The molecule has 0 aliphatic heterocycles. The number of halogens is 1. The first-order valence-electron chi connectivity index (χ1n) is 4.95. The maximum Gasteiger partial charge on any atom is 0.325 e. The average molecular weight is 296 g/mol. The molecule has 88 valence electrons. The highest BCUT2D eigenvalue weighted by Gasteiger charge is 2.15. The Labute approximate surface area is 106 Å². The summed E-state index contributed by atoms with van der Waals surface area (Å²) in [6.07, 6.45) is 1.67. The van der Waals surface area contributed by atoms with Gasteiger partial charge in [-0.25, -0.2) is 0 Å². The van der Waals surface area contributed by atoms with Crippen LogP contribution in [0.25, 0.3) is 11.4 Å². The van der Waals surface area contributed by atoms with E-state index in [2.05, 4.69) is 26.0 Å². The van der Waals surface area contributed by atoms with Crippen molar-refractivity contribution in [2.24, 2.45) is 0 Å². The summed E-state index contributed by atoms with van der Waals surface area (Å²) in [5.74, 6) is -0.921. The molecule has 0 aromatic carbocycles. The zero-order chi connectivity index (χ0) is 12.4. The van der Waals surface area contributed by atoms with E-state index in [1.807, 2.05) is 25.1 Å². The van der Waals surface area contributed by atoms with Gasteiger partial charge >= 0.3 is 5.97 Å². The fourth-order valence-electron chi connectivity index (χ4n) is 1.47. The fraction of sp³-hybridized carbons (Fsp3) is 0.182. The van der Waals surface area contributed by atoms with Gasteiger partial charge in [-0.05, 0) is 35.0 Å². The number of carboxylic acid groups (broad SMARTS) is 1. The molecule has 2 heterocycles. The Bertz CT molecular complexity index is 551. The van der Waals surface area contributed by atoms with E-state index in [9.17, 15) is 4.79 Å². The zero-order valence-corrected chi connectivity index (χ0v) is 10.7. The molecule has 0 saturated heterocycles. The quantitative estimate of drug-likeness (QED) is 0.941. The molecule has 17 heavy (non-hydrogen) atoms. The van der Waals surface area contributed by atoms with Crippen LogP contribution in [0.3, 0.4) is 0 Å². The standard InChI is InChI=1S/C11H10BrN3O2/c1-7-10(12)11(8-4-2-3-5-13-8)14-15(7)6-9(16)17/h2-5H,6H2,1H3,(H,16,17). The number of aliphatic carboxylic acids is 1. The van der Waals surface area contributed by atoms with Crippen molar-refractivity contribution >= 4 is 21.9 Å². The lowest BCUT2D eigenvalue weighted by Crippen LogP contribution is -2.11. The predicted molar refractivity (Wildman–Crippen MR) is 65.5 cm³/mol. The third kappa shape index (κ3) is 2.36. The van der Waals surface area contributed by atoms with Crippen molar-refractivity contribution in [3.8, 4) is 11.4 Å². The van der Waals surface area contributed by atoms with Crippen LogP contribution in [0.2, 0.25) is 0 Å². The first-order valence-corrected chi connectivity index (χ1v) is 5.75. The van der Waals surface area contributed by atoms with Crippen LogP contribution < -0.4 is 0 Å². The Kier molecular flexibility index (Phi) is 3.23. The van der Waals surface area contributed by atoms with Crippen molar-refractivity contribution in [2.75, 3.05) is 0 Å². The molecule has 0 bridgehead atoms. The molecule has 2 aromatic heterocycles. The van der Waals surface area contributed by atoms with Gasteiger partial charge in [-0.1, -0.05) is 6.07 Å². The van der Waals surface area contributed by atoms with E-state index in [1.165, 1.54) is 4.68 Å². The summed E-state index contributed by atoms with van der Waals surface area (Å²) in [7, 11) is 0. The van der Waals surface area contributed by atoms with E-state index < -0.39 is 5.97 Å². The summed E-state index contributed by atoms with van der Waals surface area (Å²) >= 11 is 3.41. The smallest absolute Gasteiger partial charge is 0.325 e. The molecule has 0 atom stereocenters. The Balaban J connectivity index is 2.46. The van der Waals surface area contributed by atoms with Gasteiger partial charge in [0.15, 0.2) is 0 Å². The molecule has 0 aliphatic rings. The minimum absolute atomic E-state index is 0.155. The van der Waals surface area contributed by atoms with Gasteiger partial charge < -0.3 is 5.11 Å². The highest BCUT2D eigenvalue weighted by Crippen LogP contribution is 2.28. The van der Waals surface area contributed by atoms with Crippen molar-refractivity contribution in [3.63, 3.8) is 0 Å². The second-order valence-corrected chi connectivity index (χ2v) is 4.31. The normalized spacial score (nSPS) is 10.5. The van der Waals surface area contributed by atoms with Crippen LogP contribution in [0, 0.1) is 6.92 Å². The molecule has 0 unspecified atom stereocenters. The van der Waals surface area contributed by atoms with E-state index in [-0.39, 0.29) is 6.54 Å². The molecule has 0 aliphatic carbocycles. The number of nitrogens with zero attached hydrogens (tertiary/aromatic N) is 3. The van der Waals surface area contributed by atoms with Gasteiger partial charge in [-0.15, -0.1) is 0 Å². The van der Waals surface area contributed by atoms with Gasteiger partial charge in [-0.2, -0.15) is 5.10 Å². The van der Waals surface area contributed by atoms with Crippen LogP contribution in [0.5, 0.6) is 0 Å². The molecule has 0 fully saturated rings. The Morgan fingerprint density at radius 2 is 2.29 bits per heavy atom. The average Bonchev–Trinajstić information content (AvgIpc) is 2.58. The van der Waals surface area contributed by atoms with E-state index in [1.54, 1.807) is 6.20 Å². The largest absolute Gasteiger partial charge is 0.480 e. The van der Waals surface area contributed by atoms with Crippen LogP contribution >= 0.6 is 15.9 Å². The van der Waals surface area contributed by atoms with Crippen molar-refractivity contribution in [3.05, 3.63) is 34.6 Å². The number of hydrogen-bond donors (Lipinski definition) is 1. The summed E-state index contributed by atoms with van der Waals surface area (Å²) in [5.41, 5.74) is 2.14. The maximum atomic E-state index is 10.7. The Morgan fingerprint density at radius 1 is 1.53 bits per heavy atom. The number of carboxylic acids is 1. The Morgan fingerprint density at radius 3 is 2.88 bits per heavy atom. The second kappa shape index (κ2) is 4.67. The molecular weight excluding hydrogens is 286 g/mol. The lowest BCUT2D eigenvalue weighted by atomic mass is 10.2. The Hall–Kier alpha value is -1.69. The van der Waals surface area contributed by atoms with Crippen LogP contribution in [0.15, 0.2) is 28.9 Å². The maximum absolute atomic E-state index is 10.7. The molecule has 6 heteroatoms. The highest BCUT2D eigenvalue weighted by atomic mass is 79.9. The summed E-state index contributed by atoms with van der Waals surface area (Å²) in [6, 6.07) is 5.51. The van der Waals surface area contributed by atoms with E-state index >= 15 is 0 Å². The molecule has 1 N–H and O–H groups in total. The molecule has 0 spiro atoms. The monoisotopic (exact) mass is 295 g/mol. The summed E-state index contributed by atoms with van der Waals surface area (Å²) < 4.78 is 2.22. The highest BCUT2D eigenvalue weighted by molar-refractivity contribution is 9.10. The second-order valence-electron chi connectivity index (χ2n) is 3.51. The first-order chi connectivity index (χ1) is 8.09. The van der Waals surface area contributed by atoms with Gasteiger partial charge in [0.2, 0.25) is 0 Å². The van der Waals surface area contributed by atoms with Crippen LogP contribution in [0.1, 0.15) is 5.69 Å². The van der Waals surface area contributed by atoms with Gasteiger partial charge in [0.25, 0.3) is 0 Å². The predicted octanol–water partition coefficient (Wildman–Crippen LogP) is 2.10. The fourth-order valence-corrected chi connectivity index (χ4v) is 1.96. The van der Waals surface area contributed by atoms with Crippen LogP contribution in [-0.2, 0) is 11.3 Å². The lowest BCUT2D eigenvalue weighted by molar-refractivity contribution is -0.137. The van der Waals surface area contributed by atoms with Gasteiger partial charge in [0, 0.05) is 6.20 Å². The summed E-state index contributed by atoms with van der Waals surface area (Å²) in [4.78, 5) is 14.9. The number of aromatic nitrogens is 3. The minimum Gasteiger partial charge on any atom is -0.480 e. The molecule has 2 aromatic rings. The third-order valence-electron chi connectivity index (χ3n) is 2.33. The molecule has 0 radical (unpaired) electrons. The number of hydrogen-bond acceptors (Lipinski definition) is 3. The van der Waals surface area contributed by atoms with Gasteiger partial charge in [0.1, 0.15) is 12.2 Å². The lowest BCUT2D eigenvalue weighted by Gasteiger charge is -1.98. The first kappa shape index (κ1) is 11.8. The molecular formula is C11H10BrN3O2. The zero-order valence-electron chi connectivity index (χ0n) is 9.09. The number of carbonyl (C=O) groups is 1. The minimum atomic E-state index is -0.921. The van der Waals surface area contributed by atoms with Crippen LogP contribution in [-0.4, -0.2) is 25.8 Å². The van der Waals surface area contributed by atoms with Gasteiger partial charge in [0.05, 0.1) is 15.9 Å². The summed E-state index contributed by atoms with van der Waals surface area (Å²) in [5, 5.41) is 13.0. The molecule has 0 amide bonds. The van der Waals surface area contributed by atoms with E-state index in [0.29, 0.717) is 11.4 Å². The van der Waals surface area contributed by atoms with E-state index in [0.717, 1.165) is 10.2 Å². The summed E-state index contributed by atoms with van der Waals surface area (Å²) in [6.45, 7) is 1.66. The topological polar surface area (TPSA) is 68.0 Å². The number of pyridine rings is 1. The molecule has 5 nitrogen and oxygen atoms in total. The van der Waals surface area contributed by atoms with Gasteiger partial charge in [-0.3, -0.25) is 14.5 Å². The van der Waals surface area contributed by atoms with E-state index in [4.69, 9.17) is 5.11 Å². The molecule has 0 saturated carbocycles. The van der Waals surface area contributed by atoms with Crippen molar-refractivity contribution in [1.82, 2.24) is 14.8 Å². The molecule has 2 rings (SSSR count). The van der Waals surface area contributed by atoms with Crippen LogP contribution in [0.4, 0.5) is 0 Å². The SMILES string of the molecule is Cc1c(Br)c(-c2ccccn2)nn1CC(=O)O.